The first-order valence-electron chi connectivity index (χ1n) is 6.94. The average Bonchev–Trinajstić information content (AvgIpc) is 2.95. The summed E-state index contributed by atoms with van der Waals surface area (Å²) in [6, 6.07) is 5.44. The molecule has 1 atom stereocenters. The van der Waals surface area contributed by atoms with E-state index in [1.165, 1.54) is 12.1 Å². The van der Waals surface area contributed by atoms with Crippen LogP contribution in [0.5, 0.6) is 0 Å². The third-order valence-corrected chi connectivity index (χ3v) is 3.58. The van der Waals surface area contributed by atoms with Crippen molar-refractivity contribution in [3.8, 4) is 0 Å². The minimum atomic E-state index is -0.492. The van der Waals surface area contributed by atoms with Gasteiger partial charge in [0, 0.05) is 12.4 Å². The van der Waals surface area contributed by atoms with Crippen LogP contribution >= 0.6 is 0 Å². The number of ether oxygens (including phenoxy) is 1. The van der Waals surface area contributed by atoms with Gasteiger partial charge in [0.25, 0.3) is 0 Å². The summed E-state index contributed by atoms with van der Waals surface area (Å²) in [5.41, 5.74) is 0.733. The summed E-state index contributed by atoms with van der Waals surface area (Å²) in [5, 5.41) is 2.78. The smallest absolute Gasteiger partial charge is 0.408 e. The summed E-state index contributed by atoms with van der Waals surface area (Å²) in [7, 11) is 0. The standard InChI is InChI=1S/C15H16FN3O2/c16-11-6-4-10(5-7-11)13(14-17-8-9-18-14)19-15(20)21-12-2-1-3-12/h4-9,12-13H,1-3H2,(H,17,18)(H,19,20)/t13-/m1/s1. The molecule has 0 radical (unpaired) electrons. The third-order valence-electron chi connectivity index (χ3n) is 3.58. The zero-order chi connectivity index (χ0) is 14.7. The molecule has 1 amide bonds. The first-order valence-corrected chi connectivity index (χ1v) is 6.94. The molecule has 2 N–H and O–H groups in total. The Labute approximate surface area is 121 Å². The fourth-order valence-corrected chi connectivity index (χ4v) is 2.19. The van der Waals surface area contributed by atoms with Crippen molar-refractivity contribution in [2.24, 2.45) is 0 Å². The maximum atomic E-state index is 13.0. The lowest BCUT2D eigenvalue weighted by atomic mass is 9.96. The lowest BCUT2D eigenvalue weighted by Gasteiger charge is -2.26. The molecular weight excluding hydrogens is 273 g/mol. The Bertz CT molecular complexity index is 594. The number of nitrogens with one attached hydrogen (secondary N) is 2. The second kappa shape index (κ2) is 5.95. The molecule has 0 bridgehead atoms. The maximum absolute atomic E-state index is 13.0. The number of carbonyl (C=O) groups is 1. The molecule has 21 heavy (non-hydrogen) atoms. The summed E-state index contributed by atoms with van der Waals surface area (Å²) in [5.74, 6) is 0.251. The van der Waals surface area contributed by atoms with E-state index in [4.69, 9.17) is 4.74 Å². The van der Waals surface area contributed by atoms with Gasteiger partial charge < -0.3 is 15.0 Å². The normalized spacial score (nSPS) is 16.0. The van der Waals surface area contributed by atoms with Crippen molar-refractivity contribution < 1.29 is 13.9 Å². The predicted octanol–water partition coefficient (Wildman–Crippen LogP) is 2.92. The number of nitrogens with zero attached hydrogens (tertiary/aromatic N) is 1. The number of imidazole rings is 1. The Morgan fingerprint density at radius 1 is 1.38 bits per heavy atom. The van der Waals surface area contributed by atoms with Gasteiger partial charge in [0.2, 0.25) is 0 Å². The molecule has 1 aliphatic carbocycles. The van der Waals surface area contributed by atoms with E-state index in [0.29, 0.717) is 5.82 Å². The van der Waals surface area contributed by atoms with Crippen molar-refractivity contribution in [3.05, 3.63) is 53.9 Å². The first-order chi connectivity index (χ1) is 10.2. The van der Waals surface area contributed by atoms with Crippen LogP contribution in [0.15, 0.2) is 36.7 Å². The van der Waals surface area contributed by atoms with Gasteiger partial charge in [-0.05, 0) is 37.0 Å². The highest BCUT2D eigenvalue weighted by Gasteiger charge is 2.25. The Hall–Kier alpha value is -2.37. The highest BCUT2D eigenvalue weighted by atomic mass is 19.1. The minimum Gasteiger partial charge on any atom is -0.446 e. The van der Waals surface area contributed by atoms with Crippen LogP contribution in [0.3, 0.4) is 0 Å². The summed E-state index contributed by atoms with van der Waals surface area (Å²) in [6.07, 6.45) is 5.72. The number of hydrogen-bond acceptors (Lipinski definition) is 3. The maximum Gasteiger partial charge on any atom is 0.408 e. The fraction of sp³-hybridized carbons (Fsp3) is 0.333. The second-order valence-corrected chi connectivity index (χ2v) is 5.06. The molecular formula is C15H16FN3O2. The number of halogens is 1. The summed E-state index contributed by atoms with van der Waals surface area (Å²) >= 11 is 0. The van der Waals surface area contributed by atoms with Crippen LogP contribution in [-0.2, 0) is 4.74 Å². The number of rotatable bonds is 4. The molecule has 0 unspecified atom stereocenters. The fourth-order valence-electron chi connectivity index (χ4n) is 2.19. The van der Waals surface area contributed by atoms with Crippen LogP contribution < -0.4 is 5.32 Å². The van der Waals surface area contributed by atoms with Crippen LogP contribution in [-0.4, -0.2) is 22.2 Å². The first kappa shape index (κ1) is 13.6. The Morgan fingerprint density at radius 2 is 2.14 bits per heavy atom. The van der Waals surface area contributed by atoms with Gasteiger partial charge in [0.1, 0.15) is 23.8 Å². The summed E-state index contributed by atoms with van der Waals surface area (Å²) in [4.78, 5) is 19.1. The number of aromatic amines is 1. The van der Waals surface area contributed by atoms with Crippen LogP contribution in [0, 0.1) is 5.82 Å². The van der Waals surface area contributed by atoms with Crippen molar-refractivity contribution >= 4 is 6.09 Å². The molecule has 0 spiro atoms. The Balaban J connectivity index is 1.76. The third kappa shape index (κ3) is 3.21. The number of amides is 1. The predicted molar refractivity (Wildman–Crippen MR) is 74.1 cm³/mol. The van der Waals surface area contributed by atoms with Crippen molar-refractivity contribution in [2.45, 2.75) is 31.4 Å². The molecule has 1 heterocycles. The zero-order valence-corrected chi connectivity index (χ0v) is 11.4. The molecule has 110 valence electrons. The van der Waals surface area contributed by atoms with Crippen LogP contribution in [0.4, 0.5) is 9.18 Å². The molecule has 1 aromatic heterocycles. The van der Waals surface area contributed by atoms with Crippen molar-refractivity contribution in [1.82, 2.24) is 15.3 Å². The van der Waals surface area contributed by atoms with E-state index in [2.05, 4.69) is 15.3 Å². The number of carbonyl (C=O) groups excluding carboxylic acids is 1. The highest BCUT2D eigenvalue weighted by Crippen LogP contribution is 2.23. The van der Waals surface area contributed by atoms with Gasteiger partial charge >= 0.3 is 6.09 Å². The van der Waals surface area contributed by atoms with Gasteiger partial charge in [-0.15, -0.1) is 0 Å². The van der Waals surface area contributed by atoms with Gasteiger partial charge in [-0.1, -0.05) is 12.1 Å². The molecule has 0 saturated heterocycles. The van der Waals surface area contributed by atoms with Crippen molar-refractivity contribution in [1.29, 1.82) is 0 Å². The summed E-state index contributed by atoms with van der Waals surface area (Å²) in [6.45, 7) is 0. The lowest BCUT2D eigenvalue weighted by Crippen LogP contribution is -2.35. The molecule has 6 heteroatoms. The molecule has 1 aromatic carbocycles. The summed E-state index contributed by atoms with van der Waals surface area (Å²) < 4.78 is 18.3. The SMILES string of the molecule is O=C(N[C@H](c1ccc(F)cc1)c1ncc[nH]1)OC1CCC1. The Morgan fingerprint density at radius 3 is 2.71 bits per heavy atom. The van der Waals surface area contributed by atoms with Gasteiger partial charge in [-0.2, -0.15) is 0 Å². The van der Waals surface area contributed by atoms with Gasteiger partial charge in [-0.3, -0.25) is 0 Å². The van der Waals surface area contributed by atoms with E-state index in [-0.39, 0.29) is 11.9 Å². The van der Waals surface area contributed by atoms with E-state index in [1.54, 1.807) is 24.5 Å². The number of benzene rings is 1. The highest BCUT2D eigenvalue weighted by molar-refractivity contribution is 5.68. The molecule has 1 fully saturated rings. The van der Waals surface area contributed by atoms with Crippen LogP contribution in [0.25, 0.3) is 0 Å². The van der Waals surface area contributed by atoms with E-state index in [1.807, 2.05) is 0 Å². The quantitative estimate of drug-likeness (QED) is 0.909. The number of alkyl carbamates (subject to hydrolysis) is 1. The average molecular weight is 289 g/mol. The van der Waals surface area contributed by atoms with Gasteiger partial charge in [0.15, 0.2) is 0 Å². The second-order valence-electron chi connectivity index (χ2n) is 5.06. The largest absolute Gasteiger partial charge is 0.446 e. The van der Waals surface area contributed by atoms with E-state index in [0.717, 1.165) is 24.8 Å². The molecule has 1 saturated carbocycles. The zero-order valence-electron chi connectivity index (χ0n) is 11.4. The minimum absolute atomic E-state index is 0.00969. The Kier molecular flexibility index (Phi) is 3.85. The molecule has 5 nitrogen and oxygen atoms in total. The van der Waals surface area contributed by atoms with E-state index >= 15 is 0 Å². The van der Waals surface area contributed by atoms with Crippen molar-refractivity contribution in [2.75, 3.05) is 0 Å². The topological polar surface area (TPSA) is 67.0 Å². The molecule has 1 aliphatic rings. The molecule has 0 aliphatic heterocycles. The molecule has 3 rings (SSSR count). The van der Waals surface area contributed by atoms with E-state index < -0.39 is 12.1 Å². The number of hydrogen-bond donors (Lipinski definition) is 2. The molecule has 2 aromatic rings. The van der Waals surface area contributed by atoms with Crippen LogP contribution in [0.1, 0.15) is 36.7 Å². The monoisotopic (exact) mass is 289 g/mol. The van der Waals surface area contributed by atoms with E-state index in [9.17, 15) is 9.18 Å². The van der Waals surface area contributed by atoms with Crippen LogP contribution in [0.2, 0.25) is 0 Å². The number of H-pyrrole nitrogens is 1. The van der Waals surface area contributed by atoms with Crippen molar-refractivity contribution in [3.63, 3.8) is 0 Å². The van der Waals surface area contributed by atoms with Gasteiger partial charge in [-0.25, -0.2) is 14.2 Å². The lowest BCUT2D eigenvalue weighted by molar-refractivity contribution is 0.0510. The number of aromatic nitrogens is 2. The van der Waals surface area contributed by atoms with Gasteiger partial charge in [0.05, 0.1) is 0 Å².